The minimum Gasteiger partial charge on any atom is -0.459 e. The summed E-state index contributed by atoms with van der Waals surface area (Å²) in [7, 11) is 1.80. The zero-order valence-electron chi connectivity index (χ0n) is 18.6. The predicted octanol–water partition coefficient (Wildman–Crippen LogP) is 2.77. The van der Waals surface area contributed by atoms with Crippen molar-refractivity contribution in [3.8, 4) is 0 Å². The van der Waals surface area contributed by atoms with E-state index in [2.05, 4.69) is 39.7 Å². The highest BCUT2D eigenvalue weighted by molar-refractivity contribution is 5.92. The van der Waals surface area contributed by atoms with E-state index in [1.165, 1.54) is 45.0 Å². The third-order valence-corrected chi connectivity index (χ3v) is 5.58. The molecule has 1 aliphatic heterocycles. The molecule has 0 bridgehead atoms. The second-order valence-corrected chi connectivity index (χ2v) is 8.18. The van der Waals surface area contributed by atoms with Crippen LogP contribution in [0.1, 0.15) is 62.1 Å². The summed E-state index contributed by atoms with van der Waals surface area (Å²) in [6.07, 6.45) is 7.67. The molecular formula is C22H39N5O2. The summed E-state index contributed by atoms with van der Waals surface area (Å²) in [6.45, 7) is 11.1. The molecule has 1 aromatic rings. The van der Waals surface area contributed by atoms with Crippen LogP contribution in [0.3, 0.4) is 0 Å². The Hall–Kier alpha value is -2.02. The number of furan rings is 1. The highest BCUT2D eigenvalue weighted by Crippen LogP contribution is 2.17. The molecule has 29 heavy (non-hydrogen) atoms. The number of aliphatic imine (C=N–C) groups is 1. The van der Waals surface area contributed by atoms with Crippen LogP contribution in [0.15, 0.2) is 21.7 Å². The summed E-state index contributed by atoms with van der Waals surface area (Å²) in [5, 5.41) is 9.73. The predicted molar refractivity (Wildman–Crippen MR) is 118 cm³/mol. The van der Waals surface area contributed by atoms with Crippen LogP contribution in [0.5, 0.6) is 0 Å². The van der Waals surface area contributed by atoms with Crippen LogP contribution in [0.4, 0.5) is 0 Å². The molecule has 0 aromatic carbocycles. The van der Waals surface area contributed by atoms with Gasteiger partial charge in [-0.3, -0.25) is 14.7 Å². The molecule has 3 N–H and O–H groups in total. The van der Waals surface area contributed by atoms with E-state index in [0.29, 0.717) is 24.3 Å². The van der Waals surface area contributed by atoms with E-state index < -0.39 is 0 Å². The maximum atomic E-state index is 12.0. The lowest BCUT2D eigenvalue weighted by Gasteiger charge is -2.34. The van der Waals surface area contributed by atoms with Crippen LogP contribution < -0.4 is 16.0 Å². The fourth-order valence-electron chi connectivity index (χ4n) is 3.82. The molecular weight excluding hydrogens is 366 g/mol. The summed E-state index contributed by atoms with van der Waals surface area (Å²) < 4.78 is 5.21. The molecule has 7 heteroatoms. The van der Waals surface area contributed by atoms with Gasteiger partial charge in [0.15, 0.2) is 11.7 Å². The molecule has 1 aliphatic rings. The van der Waals surface area contributed by atoms with E-state index in [-0.39, 0.29) is 5.91 Å². The maximum absolute atomic E-state index is 12.0. The quantitative estimate of drug-likeness (QED) is 0.334. The molecule has 1 saturated heterocycles. The first-order valence-electron chi connectivity index (χ1n) is 11.0. The smallest absolute Gasteiger partial charge is 0.287 e. The van der Waals surface area contributed by atoms with Gasteiger partial charge in [0.2, 0.25) is 0 Å². The monoisotopic (exact) mass is 405 g/mol. The zero-order valence-corrected chi connectivity index (χ0v) is 18.6. The molecule has 1 unspecified atom stereocenters. The third-order valence-electron chi connectivity index (χ3n) is 5.58. The Morgan fingerprint density at radius 1 is 1.14 bits per heavy atom. The van der Waals surface area contributed by atoms with Crippen LogP contribution in [-0.2, 0) is 0 Å². The number of hydrogen-bond acceptors (Lipinski definition) is 4. The van der Waals surface area contributed by atoms with Gasteiger partial charge in [-0.25, -0.2) is 0 Å². The van der Waals surface area contributed by atoms with E-state index in [1.54, 1.807) is 13.1 Å². The van der Waals surface area contributed by atoms with Crippen LogP contribution >= 0.6 is 0 Å². The Morgan fingerprint density at radius 2 is 1.83 bits per heavy atom. The van der Waals surface area contributed by atoms with Crippen molar-refractivity contribution in [2.24, 2.45) is 10.9 Å². The average molecular weight is 406 g/mol. The average Bonchev–Trinajstić information content (AvgIpc) is 2.96. The molecule has 1 fully saturated rings. The standard InChI is InChI=1S/C22H39N5O2/c1-17(2)19(27-13-7-5-6-8-14-27)16-26-22(23-4)25-12-9-11-24-21(28)20-18(3)10-15-29-20/h10,15,17,19H,5-9,11-14,16H2,1-4H3,(H,24,28)(H2,23,25,26). The van der Waals surface area contributed by atoms with Gasteiger partial charge in [0.05, 0.1) is 6.26 Å². The van der Waals surface area contributed by atoms with Crippen LogP contribution in [0.25, 0.3) is 0 Å². The minimum absolute atomic E-state index is 0.160. The molecule has 0 aliphatic carbocycles. The lowest BCUT2D eigenvalue weighted by Crippen LogP contribution is -2.50. The number of likely N-dealkylation sites (tertiary alicyclic amines) is 1. The summed E-state index contributed by atoms with van der Waals surface area (Å²) in [4.78, 5) is 19.0. The maximum Gasteiger partial charge on any atom is 0.287 e. The van der Waals surface area contributed by atoms with Gasteiger partial charge in [-0.1, -0.05) is 26.7 Å². The van der Waals surface area contributed by atoms with E-state index in [1.807, 2.05) is 6.92 Å². The van der Waals surface area contributed by atoms with Crippen LogP contribution in [-0.4, -0.2) is 62.6 Å². The van der Waals surface area contributed by atoms with Crippen molar-refractivity contribution in [2.75, 3.05) is 39.8 Å². The molecule has 1 atom stereocenters. The lowest BCUT2D eigenvalue weighted by molar-refractivity contribution is 0.0925. The van der Waals surface area contributed by atoms with Gasteiger partial charge in [-0.15, -0.1) is 0 Å². The first-order chi connectivity index (χ1) is 14.0. The van der Waals surface area contributed by atoms with Gasteiger partial charge >= 0.3 is 0 Å². The molecule has 0 radical (unpaired) electrons. The van der Waals surface area contributed by atoms with Crippen molar-refractivity contribution in [1.82, 2.24) is 20.9 Å². The fraction of sp³-hybridized carbons (Fsp3) is 0.727. The van der Waals surface area contributed by atoms with Gasteiger partial charge in [0, 0.05) is 38.3 Å². The van der Waals surface area contributed by atoms with Crippen molar-refractivity contribution in [3.63, 3.8) is 0 Å². The fourth-order valence-corrected chi connectivity index (χ4v) is 3.82. The summed E-state index contributed by atoms with van der Waals surface area (Å²) >= 11 is 0. The summed E-state index contributed by atoms with van der Waals surface area (Å²) in [5.74, 6) is 1.65. The Bertz CT molecular complexity index is 633. The van der Waals surface area contributed by atoms with Gasteiger partial charge in [-0.05, 0) is 51.3 Å². The third kappa shape index (κ3) is 7.72. The molecule has 0 spiro atoms. The van der Waals surface area contributed by atoms with Gasteiger partial charge < -0.3 is 20.4 Å². The number of rotatable bonds is 9. The number of hydrogen-bond donors (Lipinski definition) is 3. The van der Waals surface area contributed by atoms with E-state index in [9.17, 15) is 4.79 Å². The Labute approximate surface area is 175 Å². The van der Waals surface area contributed by atoms with Crippen molar-refractivity contribution in [1.29, 1.82) is 0 Å². The molecule has 1 aromatic heterocycles. The highest BCUT2D eigenvalue weighted by Gasteiger charge is 2.22. The highest BCUT2D eigenvalue weighted by atomic mass is 16.3. The molecule has 2 rings (SSSR count). The number of guanidine groups is 1. The number of nitrogens with one attached hydrogen (secondary N) is 3. The SMILES string of the molecule is CN=C(NCCCNC(=O)c1occc1C)NCC(C(C)C)N1CCCCCC1. The number of carbonyl (C=O) groups is 1. The van der Waals surface area contributed by atoms with E-state index in [4.69, 9.17) is 4.42 Å². The summed E-state index contributed by atoms with van der Waals surface area (Å²) in [6, 6.07) is 2.31. The number of nitrogens with zero attached hydrogens (tertiary/aromatic N) is 2. The normalized spacial score (nSPS) is 17.1. The first kappa shape index (κ1) is 23.3. The lowest BCUT2D eigenvalue weighted by atomic mass is 10.0. The van der Waals surface area contributed by atoms with Crippen molar-refractivity contribution < 1.29 is 9.21 Å². The summed E-state index contributed by atoms with van der Waals surface area (Å²) in [5.41, 5.74) is 0.856. The molecule has 164 valence electrons. The number of amides is 1. The van der Waals surface area contributed by atoms with Gasteiger partial charge in [0.1, 0.15) is 0 Å². The number of carbonyl (C=O) groups excluding carboxylic acids is 1. The van der Waals surface area contributed by atoms with Crippen LogP contribution in [0.2, 0.25) is 0 Å². The Kier molecular flexibility index (Phi) is 10.0. The van der Waals surface area contributed by atoms with E-state index in [0.717, 1.165) is 31.0 Å². The topological polar surface area (TPSA) is 81.9 Å². The Balaban J connectivity index is 1.68. The van der Waals surface area contributed by atoms with Crippen molar-refractivity contribution in [3.05, 3.63) is 23.7 Å². The largest absolute Gasteiger partial charge is 0.459 e. The second-order valence-electron chi connectivity index (χ2n) is 8.18. The van der Waals surface area contributed by atoms with Crippen molar-refractivity contribution >= 4 is 11.9 Å². The van der Waals surface area contributed by atoms with E-state index >= 15 is 0 Å². The minimum atomic E-state index is -0.160. The second kappa shape index (κ2) is 12.5. The molecule has 0 saturated carbocycles. The van der Waals surface area contributed by atoms with Gasteiger partial charge in [0.25, 0.3) is 5.91 Å². The van der Waals surface area contributed by atoms with Crippen molar-refractivity contribution in [2.45, 2.75) is 58.9 Å². The zero-order chi connectivity index (χ0) is 21.1. The molecule has 2 heterocycles. The molecule has 7 nitrogen and oxygen atoms in total. The van der Waals surface area contributed by atoms with Crippen LogP contribution in [0, 0.1) is 12.8 Å². The first-order valence-corrected chi connectivity index (χ1v) is 11.0. The number of aryl methyl sites for hydroxylation is 1. The molecule has 1 amide bonds. The Morgan fingerprint density at radius 3 is 2.41 bits per heavy atom. The van der Waals surface area contributed by atoms with Gasteiger partial charge in [-0.2, -0.15) is 0 Å².